The largest absolute Gasteiger partial charge is 0.377 e. The topological polar surface area (TPSA) is 64.4 Å². The van der Waals surface area contributed by atoms with E-state index in [9.17, 15) is 9.59 Å². The smallest absolute Gasteiger partial charge is 0.274 e. The average Bonchev–Trinajstić information content (AvgIpc) is 3.06. The molecule has 1 amide bonds. The first-order valence-electron chi connectivity index (χ1n) is 9.22. The molecule has 24 heavy (non-hydrogen) atoms. The van der Waals surface area contributed by atoms with Crippen molar-refractivity contribution in [3.05, 3.63) is 17.5 Å². The van der Waals surface area contributed by atoms with Crippen LogP contribution in [0.5, 0.6) is 0 Å². The Morgan fingerprint density at radius 3 is 2.88 bits per heavy atom. The lowest BCUT2D eigenvalue weighted by Crippen LogP contribution is -2.54. The third kappa shape index (κ3) is 2.88. The number of Topliss-reactive ketones (excluding diaryl/α,β-unsaturated/α-hetero) is 1. The van der Waals surface area contributed by atoms with Gasteiger partial charge in [-0.25, -0.2) is 0 Å². The molecule has 0 N–H and O–H groups in total. The number of ether oxygens (including phenoxy) is 1. The Balaban J connectivity index is 1.56. The minimum Gasteiger partial charge on any atom is -0.377 e. The van der Waals surface area contributed by atoms with E-state index in [-0.39, 0.29) is 17.9 Å². The molecule has 4 rings (SSSR count). The van der Waals surface area contributed by atoms with Crippen LogP contribution in [-0.4, -0.2) is 52.2 Å². The van der Waals surface area contributed by atoms with Crippen LogP contribution in [0.2, 0.25) is 0 Å². The first kappa shape index (κ1) is 15.8. The van der Waals surface area contributed by atoms with Gasteiger partial charge in [-0.05, 0) is 38.2 Å². The van der Waals surface area contributed by atoms with Crippen LogP contribution in [0.1, 0.15) is 54.7 Å². The third-order valence-corrected chi connectivity index (χ3v) is 5.63. The Hall–Kier alpha value is -1.69. The number of ketones is 1. The summed E-state index contributed by atoms with van der Waals surface area (Å²) in [6.45, 7) is 2.46. The number of morpholine rings is 1. The van der Waals surface area contributed by atoms with E-state index < -0.39 is 0 Å². The molecule has 1 aromatic rings. The van der Waals surface area contributed by atoms with E-state index in [0.717, 1.165) is 50.8 Å². The van der Waals surface area contributed by atoms with Gasteiger partial charge in [0.15, 0.2) is 5.69 Å². The Labute approximate surface area is 142 Å². The van der Waals surface area contributed by atoms with E-state index in [1.54, 1.807) is 0 Å². The molecule has 1 aliphatic carbocycles. The predicted octanol–water partition coefficient (Wildman–Crippen LogP) is 1.82. The van der Waals surface area contributed by atoms with Crippen LogP contribution < -0.4 is 0 Å². The summed E-state index contributed by atoms with van der Waals surface area (Å²) in [5.74, 6) is 0.183. The number of carbonyl (C=O) groups excluding carboxylic acids is 2. The fraction of sp³-hybridized carbons (Fsp3) is 0.722. The molecule has 0 spiro atoms. The summed E-state index contributed by atoms with van der Waals surface area (Å²) in [6, 6.07) is 1.81. The van der Waals surface area contributed by atoms with Gasteiger partial charge in [0.25, 0.3) is 5.91 Å². The Morgan fingerprint density at radius 2 is 2.04 bits per heavy atom. The summed E-state index contributed by atoms with van der Waals surface area (Å²) in [5, 5.41) is 4.52. The summed E-state index contributed by atoms with van der Waals surface area (Å²) in [6.07, 6.45) is 6.83. The first-order chi connectivity index (χ1) is 11.7. The van der Waals surface area contributed by atoms with Crippen molar-refractivity contribution in [2.45, 2.75) is 57.5 Å². The summed E-state index contributed by atoms with van der Waals surface area (Å²) in [7, 11) is 0. The molecule has 6 nitrogen and oxygen atoms in total. The summed E-state index contributed by atoms with van der Waals surface area (Å²) < 4.78 is 7.58. The van der Waals surface area contributed by atoms with Crippen LogP contribution >= 0.6 is 0 Å². The van der Waals surface area contributed by atoms with Gasteiger partial charge in [0.1, 0.15) is 5.78 Å². The summed E-state index contributed by atoms with van der Waals surface area (Å²) >= 11 is 0. The molecule has 0 aromatic carbocycles. The second kappa shape index (κ2) is 6.67. The fourth-order valence-electron chi connectivity index (χ4n) is 4.29. The zero-order valence-corrected chi connectivity index (χ0v) is 14.1. The molecule has 130 valence electrons. The number of hydrogen-bond acceptors (Lipinski definition) is 4. The molecule has 0 radical (unpaired) electrons. The lowest BCUT2D eigenvalue weighted by molar-refractivity contribution is -0.129. The monoisotopic (exact) mass is 331 g/mol. The minimum absolute atomic E-state index is 0.0384. The number of amides is 1. The number of aryl methyl sites for hydroxylation is 2. The highest BCUT2D eigenvalue weighted by molar-refractivity contribution is 5.93. The highest BCUT2D eigenvalue weighted by Crippen LogP contribution is 2.29. The number of fused-ring (bicyclic) bond motifs is 1. The van der Waals surface area contributed by atoms with Gasteiger partial charge in [-0.1, -0.05) is 6.42 Å². The van der Waals surface area contributed by atoms with E-state index in [0.29, 0.717) is 37.7 Å². The highest BCUT2D eigenvalue weighted by Gasteiger charge is 2.39. The Bertz CT molecular complexity index is 616. The maximum Gasteiger partial charge on any atom is 0.274 e. The SMILES string of the molecule is O=C1CCCC[C@@H]1[C@H]1COCCN1C(=O)c1cc2n(n1)CCCC2. The van der Waals surface area contributed by atoms with Crippen LogP contribution in [-0.2, 0) is 22.5 Å². The van der Waals surface area contributed by atoms with Crippen LogP contribution in [0, 0.1) is 5.92 Å². The van der Waals surface area contributed by atoms with E-state index in [1.165, 1.54) is 0 Å². The number of rotatable bonds is 2. The fourth-order valence-corrected chi connectivity index (χ4v) is 4.29. The second-order valence-corrected chi connectivity index (χ2v) is 7.16. The van der Waals surface area contributed by atoms with Crippen molar-refractivity contribution < 1.29 is 14.3 Å². The molecular formula is C18H25N3O3. The maximum atomic E-state index is 13.1. The zero-order valence-electron chi connectivity index (χ0n) is 14.1. The number of nitrogens with zero attached hydrogens (tertiary/aromatic N) is 3. The molecule has 1 saturated heterocycles. The van der Waals surface area contributed by atoms with E-state index in [2.05, 4.69) is 5.10 Å². The van der Waals surface area contributed by atoms with Crippen molar-refractivity contribution in [3.8, 4) is 0 Å². The number of hydrogen-bond donors (Lipinski definition) is 0. The maximum absolute atomic E-state index is 13.1. The van der Waals surface area contributed by atoms with Gasteiger partial charge in [-0.3, -0.25) is 14.3 Å². The predicted molar refractivity (Wildman–Crippen MR) is 87.8 cm³/mol. The molecule has 3 heterocycles. The standard InChI is InChI=1S/C18H25N3O3/c22-17-7-2-1-6-14(17)16-12-24-10-9-20(16)18(23)15-11-13-5-3-4-8-21(13)19-15/h11,14,16H,1-10,12H2/t14-,16-/m1/s1. The molecule has 1 aromatic heterocycles. The summed E-state index contributed by atoms with van der Waals surface area (Å²) in [5.41, 5.74) is 1.69. The molecule has 3 aliphatic rings. The lowest BCUT2D eigenvalue weighted by Gasteiger charge is -2.40. The van der Waals surface area contributed by atoms with Crippen molar-refractivity contribution in [2.24, 2.45) is 5.92 Å². The molecular weight excluding hydrogens is 306 g/mol. The van der Waals surface area contributed by atoms with Gasteiger partial charge in [0.2, 0.25) is 0 Å². The van der Waals surface area contributed by atoms with Gasteiger partial charge >= 0.3 is 0 Å². The normalized spacial score (nSPS) is 27.8. The van der Waals surface area contributed by atoms with Crippen molar-refractivity contribution in [3.63, 3.8) is 0 Å². The molecule has 1 saturated carbocycles. The Morgan fingerprint density at radius 1 is 1.17 bits per heavy atom. The van der Waals surface area contributed by atoms with Crippen molar-refractivity contribution in [2.75, 3.05) is 19.8 Å². The molecule has 2 fully saturated rings. The molecule has 2 aliphatic heterocycles. The second-order valence-electron chi connectivity index (χ2n) is 7.16. The van der Waals surface area contributed by atoms with Crippen molar-refractivity contribution in [1.29, 1.82) is 0 Å². The number of aromatic nitrogens is 2. The van der Waals surface area contributed by atoms with Crippen LogP contribution in [0.4, 0.5) is 0 Å². The summed E-state index contributed by atoms with van der Waals surface area (Å²) in [4.78, 5) is 27.3. The van der Waals surface area contributed by atoms with Crippen molar-refractivity contribution in [1.82, 2.24) is 14.7 Å². The van der Waals surface area contributed by atoms with Gasteiger partial charge in [0, 0.05) is 31.1 Å². The Kier molecular flexibility index (Phi) is 4.39. The van der Waals surface area contributed by atoms with E-state index in [4.69, 9.17) is 4.74 Å². The molecule has 0 bridgehead atoms. The van der Waals surface area contributed by atoms with Gasteiger partial charge < -0.3 is 9.64 Å². The number of carbonyl (C=O) groups is 2. The van der Waals surface area contributed by atoms with Crippen LogP contribution in [0.3, 0.4) is 0 Å². The molecule has 6 heteroatoms. The van der Waals surface area contributed by atoms with Crippen LogP contribution in [0.15, 0.2) is 6.07 Å². The van der Waals surface area contributed by atoms with E-state index >= 15 is 0 Å². The quantitative estimate of drug-likeness (QED) is 0.829. The zero-order chi connectivity index (χ0) is 16.5. The van der Waals surface area contributed by atoms with Gasteiger partial charge in [0.05, 0.1) is 19.3 Å². The molecule has 0 unspecified atom stereocenters. The highest BCUT2D eigenvalue weighted by atomic mass is 16.5. The van der Waals surface area contributed by atoms with Gasteiger partial charge in [-0.15, -0.1) is 0 Å². The van der Waals surface area contributed by atoms with Crippen molar-refractivity contribution >= 4 is 11.7 Å². The minimum atomic E-state index is -0.127. The van der Waals surface area contributed by atoms with Gasteiger partial charge in [-0.2, -0.15) is 5.10 Å². The average molecular weight is 331 g/mol. The van der Waals surface area contributed by atoms with E-state index in [1.807, 2.05) is 15.6 Å². The first-order valence-corrected chi connectivity index (χ1v) is 9.22. The van der Waals surface area contributed by atoms with Crippen LogP contribution in [0.25, 0.3) is 0 Å². The lowest BCUT2D eigenvalue weighted by atomic mass is 9.82. The third-order valence-electron chi connectivity index (χ3n) is 5.63. The molecule has 2 atom stereocenters.